The van der Waals surface area contributed by atoms with Crippen molar-refractivity contribution in [2.75, 3.05) is 0 Å². The van der Waals surface area contributed by atoms with Gasteiger partial charge in [0.2, 0.25) is 0 Å². The van der Waals surface area contributed by atoms with Crippen molar-refractivity contribution < 1.29 is 45.2 Å². The van der Waals surface area contributed by atoms with Gasteiger partial charge in [-0.05, 0) is 24.6 Å². The summed E-state index contributed by atoms with van der Waals surface area (Å²) in [5, 5.41) is 4.25. The van der Waals surface area contributed by atoms with E-state index in [2.05, 4.69) is 27.6 Å². The average molecular weight is 479 g/mol. The minimum atomic E-state index is 0. The number of nitrogens with one attached hydrogen (secondary N) is 1. The number of rotatable bonds is 4. The van der Waals surface area contributed by atoms with Gasteiger partial charge >= 0.3 is 20.4 Å². The molecule has 0 fully saturated rings. The topological polar surface area (TPSA) is 37.3 Å². The number of nitrogens with zero attached hydrogens (tertiary/aromatic N) is 2. The van der Waals surface area contributed by atoms with Gasteiger partial charge in [-0.2, -0.15) is 5.10 Å². The maximum atomic E-state index is 5.25. The Kier molecular flexibility index (Phi) is 15.0. The molecular weight excluding hydrogens is 464 g/mol. The van der Waals surface area contributed by atoms with Crippen LogP contribution in [0.1, 0.15) is 18.2 Å². The molecule has 0 unspecified atom stereocenters. The van der Waals surface area contributed by atoms with E-state index in [-0.39, 0.29) is 45.2 Å². The van der Waals surface area contributed by atoms with E-state index in [1.807, 2.05) is 43.3 Å². The molecule has 0 radical (unpaired) electrons. The summed E-state index contributed by atoms with van der Waals surface area (Å²) in [6, 6.07) is 15.9. The van der Waals surface area contributed by atoms with E-state index in [1.54, 1.807) is 18.0 Å². The second-order valence-corrected chi connectivity index (χ2v) is 5.74. The van der Waals surface area contributed by atoms with Gasteiger partial charge in [0, 0.05) is 11.9 Å². The molecule has 0 amide bonds. The summed E-state index contributed by atoms with van der Waals surface area (Å²) in [6.07, 6.45) is 1.75. The predicted octanol–water partition coefficient (Wildman–Crippen LogP) is -2.38. The van der Waals surface area contributed by atoms with Crippen molar-refractivity contribution in [2.24, 2.45) is 5.10 Å². The molecule has 8 heteroatoms. The van der Waals surface area contributed by atoms with Crippen LogP contribution < -0.4 is 30.2 Å². The van der Waals surface area contributed by atoms with Gasteiger partial charge in [0.1, 0.15) is 0 Å². The van der Waals surface area contributed by atoms with Crippen LogP contribution in [0.25, 0.3) is 0 Å². The first kappa shape index (κ1) is 24.8. The first-order valence-corrected chi connectivity index (χ1v) is 7.57. The SMILES string of the molecule is C/C(=N\NC(=S)SCc1ccccc1)c1ccccn1.[Cl-].[Cl-].[Pd+2]. The Morgan fingerprint density at radius 2 is 1.78 bits per heavy atom. The molecule has 0 bridgehead atoms. The molecule has 1 aromatic carbocycles. The van der Waals surface area contributed by atoms with Crippen LogP contribution >= 0.6 is 24.0 Å². The van der Waals surface area contributed by atoms with Crippen molar-refractivity contribution in [1.29, 1.82) is 0 Å². The van der Waals surface area contributed by atoms with Crippen LogP contribution in [0.2, 0.25) is 0 Å². The van der Waals surface area contributed by atoms with Crippen LogP contribution in [-0.4, -0.2) is 15.0 Å². The van der Waals surface area contributed by atoms with Gasteiger partial charge in [-0.25, -0.2) is 0 Å². The Morgan fingerprint density at radius 3 is 2.39 bits per heavy atom. The molecule has 3 nitrogen and oxygen atoms in total. The second-order valence-electron chi connectivity index (χ2n) is 4.09. The van der Waals surface area contributed by atoms with Crippen molar-refractivity contribution in [3.05, 3.63) is 66.0 Å². The summed E-state index contributed by atoms with van der Waals surface area (Å²) < 4.78 is 0.657. The Hall–Kier alpha value is -0.478. The molecule has 0 spiro atoms. The molecule has 23 heavy (non-hydrogen) atoms. The van der Waals surface area contributed by atoms with Gasteiger partial charge in [-0.1, -0.05) is 60.4 Å². The maximum absolute atomic E-state index is 5.25. The fourth-order valence-electron chi connectivity index (χ4n) is 1.52. The number of thioether (sulfide) groups is 1. The fraction of sp³-hybridized carbons (Fsp3) is 0.133. The molecule has 126 valence electrons. The zero-order valence-corrected chi connectivity index (χ0v) is 16.9. The summed E-state index contributed by atoms with van der Waals surface area (Å²) in [7, 11) is 0. The second kappa shape index (κ2) is 13.9. The first-order chi connectivity index (χ1) is 9.75. The summed E-state index contributed by atoms with van der Waals surface area (Å²) in [6.45, 7) is 1.90. The van der Waals surface area contributed by atoms with Crippen molar-refractivity contribution in [2.45, 2.75) is 12.7 Å². The molecule has 2 rings (SSSR count). The normalized spacial score (nSPS) is 9.70. The number of hydrogen-bond acceptors (Lipinski definition) is 4. The molecule has 1 heterocycles. The molecule has 0 aliphatic rings. The van der Waals surface area contributed by atoms with Gasteiger partial charge in [-0.3, -0.25) is 10.4 Å². The molecular formula is C15H15Cl2N3PdS2. The molecule has 0 saturated heterocycles. The molecule has 0 atom stereocenters. The number of halogens is 2. The van der Waals surface area contributed by atoms with Crippen LogP contribution in [0.5, 0.6) is 0 Å². The van der Waals surface area contributed by atoms with E-state index in [0.29, 0.717) is 4.32 Å². The minimum Gasteiger partial charge on any atom is -1.00 e. The van der Waals surface area contributed by atoms with E-state index < -0.39 is 0 Å². The van der Waals surface area contributed by atoms with Gasteiger partial charge in [0.05, 0.1) is 11.4 Å². The van der Waals surface area contributed by atoms with E-state index in [4.69, 9.17) is 12.2 Å². The van der Waals surface area contributed by atoms with E-state index in [9.17, 15) is 0 Å². The number of hydrazone groups is 1. The molecule has 1 N–H and O–H groups in total. The first-order valence-electron chi connectivity index (χ1n) is 6.18. The third-order valence-electron chi connectivity index (χ3n) is 2.56. The largest absolute Gasteiger partial charge is 2.00 e. The predicted molar refractivity (Wildman–Crippen MR) is 89.9 cm³/mol. The smallest absolute Gasteiger partial charge is 1.00 e. The zero-order chi connectivity index (χ0) is 14.2. The van der Waals surface area contributed by atoms with E-state index in [0.717, 1.165) is 17.2 Å². The number of benzene rings is 1. The average Bonchev–Trinajstić information content (AvgIpc) is 2.52. The van der Waals surface area contributed by atoms with Crippen molar-refractivity contribution in [1.82, 2.24) is 10.4 Å². The standard InChI is InChI=1S/C15H15N3S2.2ClH.Pd/c1-12(14-9-5-6-10-16-14)17-18-15(19)20-11-13-7-3-2-4-8-13;;;/h2-10H,11H2,1H3,(H,18,19);2*1H;/q;;;+2/p-2/b17-12+;;;. The molecule has 1 aromatic heterocycles. The van der Waals surface area contributed by atoms with Crippen LogP contribution in [-0.2, 0) is 26.2 Å². The van der Waals surface area contributed by atoms with Crippen molar-refractivity contribution >= 4 is 34.0 Å². The number of aromatic nitrogens is 1. The van der Waals surface area contributed by atoms with Crippen LogP contribution in [0.15, 0.2) is 59.8 Å². The monoisotopic (exact) mass is 477 g/mol. The quantitative estimate of drug-likeness (QED) is 0.231. The Bertz CT molecular complexity index is 598. The molecule has 0 saturated carbocycles. The van der Waals surface area contributed by atoms with Crippen molar-refractivity contribution in [3.63, 3.8) is 0 Å². The van der Waals surface area contributed by atoms with Gasteiger partial charge < -0.3 is 24.8 Å². The molecule has 0 aliphatic carbocycles. The Morgan fingerprint density at radius 1 is 1.13 bits per heavy atom. The Labute approximate surface area is 172 Å². The summed E-state index contributed by atoms with van der Waals surface area (Å²) in [5.41, 5.74) is 5.79. The number of hydrogen-bond donors (Lipinski definition) is 1. The van der Waals surface area contributed by atoms with Gasteiger partial charge in [-0.15, -0.1) is 0 Å². The third kappa shape index (κ3) is 9.41. The number of thiocarbonyl (C=S) groups is 1. The number of pyridine rings is 1. The third-order valence-corrected chi connectivity index (χ3v) is 3.84. The van der Waals surface area contributed by atoms with E-state index in [1.165, 1.54) is 5.56 Å². The maximum Gasteiger partial charge on any atom is 2.00 e. The molecule has 0 aliphatic heterocycles. The van der Waals surface area contributed by atoms with Gasteiger partial charge in [0.25, 0.3) is 0 Å². The summed E-state index contributed by atoms with van der Waals surface area (Å²) in [4.78, 5) is 4.23. The van der Waals surface area contributed by atoms with Crippen LogP contribution in [0.4, 0.5) is 0 Å². The van der Waals surface area contributed by atoms with E-state index >= 15 is 0 Å². The summed E-state index contributed by atoms with van der Waals surface area (Å²) >= 11 is 6.81. The minimum absolute atomic E-state index is 0. The summed E-state index contributed by atoms with van der Waals surface area (Å²) in [5.74, 6) is 0.838. The molecule has 2 aromatic rings. The fourth-order valence-corrected chi connectivity index (χ4v) is 2.34. The Balaban J connectivity index is 0. The van der Waals surface area contributed by atoms with Crippen LogP contribution in [0, 0.1) is 0 Å². The van der Waals surface area contributed by atoms with Crippen LogP contribution in [0.3, 0.4) is 0 Å². The van der Waals surface area contributed by atoms with Gasteiger partial charge in [0.15, 0.2) is 4.32 Å². The zero-order valence-electron chi connectivity index (χ0n) is 12.2. The van der Waals surface area contributed by atoms with Crippen molar-refractivity contribution in [3.8, 4) is 0 Å².